The van der Waals surface area contributed by atoms with Crippen molar-refractivity contribution in [1.82, 2.24) is 5.32 Å². The van der Waals surface area contributed by atoms with Crippen LogP contribution in [0.2, 0.25) is 0 Å². The van der Waals surface area contributed by atoms with E-state index in [0.717, 1.165) is 24.3 Å². The van der Waals surface area contributed by atoms with E-state index in [4.69, 9.17) is 4.74 Å². The number of hydrogen-bond donors (Lipinski definition) is 1. The summed E-state index contributed by atoms with van der Waals surface area (Å²) >= 11 is 0. The molecular formula is C17H24N2O2. The minimum Gasteiger partial charge on any atom is -0.489 e. The van der Waals surface area contributed by atoms with Gasteiger partial charge in [0, 0.05) is 13.1 Å². The van der Waals surface area contributed by atoms with Gasteiger partial charge in [-0.3, -0.25) is 4.79 Å². The van der Waals surface area contributed by atoms with E-state index in [9.17, 15) is 4.79 Å². The van der Waals surface area contributed by atoms with Gasteiger partial charge in [0.2, 0.25) is 5.91 Å². The van der Waals surface area contributed by atoms with Crippen LogP contribution in [0.4, 0.5) is 5.69 Å². The molecule has 0 bridgehead atoms. The van der Waals surface area contributed by atoms with E-state index in [2.05, 4.69) is 35.3 Å². The molecule has 1 aliphatic carbocycles. The van der Waals surface area contributed by atoms with Crippen molar-refractivity contribution >= 4 is 11.6 Å². The zero-order chi connectivity index (χ0) is 14.8. The summed E-state index contributed by atoms with van der Waals surface area (Å²) in [6.07, 6.45) is 5.24. The molecule has 4 heteroatoms. The third-order valence-corrected chi connectivity index (χ3v) is 4.62. The van der Waals surface area contributed by atoms with Gasteiger partial charge in [-0.15, -0.1) is 0 Å². The summed E-state index contributed by atoms with van der Waals surface area (Å²) in [5, 5.41) is 3.16. The van der Waals surface area contributed by atoms with E-state index >= 15 is 0 Å². The highest BCUT2D eigenvalue weighted by Crippen LogP contribution is 2.34. The van der Waals surface area contributed by atoms with E-state index in [1.54, 1.807) is 0 Å². The number of nitrogens with one attached hydrogen (secondary N) is 1. The van der Waals surface area contributed by atoms with Crippen molar-refractivity contribution in [2.24, 2.45) is 0 Å². The standard InChI is InChI=1S/C17H24N2O2/c1-12-7-8-15-16(9-12)21-11-14(19(15)2)10-17(20)18-13-5-3-4-6-13/h7-9,13-14H,3-6,10-11H2,1-2H3,(H,18,20)/t14-/m1/s1. The average molecular weight is 288 g/mol. The Morgan fingerprint density at radius 1 is 1.38 bits per heavy atom. The van der Waals surface area contributed by atoms with Crippen LogP contribution in [0.25, 0.3) is 0 Å². The van der Waals surface area contributed by atoms with Crippen LogP contribution in [0.3, 0.4) is 0 Å². The van der Waals surface area contributed by atoms with E-state index in [-0.39, 0.29) is 11.9 Å². The number of aryl methyl sites for hydroxylation is 1. The molecule has 1 saturated carbocycles. The maximum atomic E-state index is 12.2. The lowest BCUT2D eigenvalue weighted by molar-refractivity contribution is -0.122. The topological polar surface area (TPSA) is 41.6 Å². The molecule has 0 spiro atoms. The first-order valence-electron chi connectivity index (χ1n) is 7.89. The van der Waals surface area contributed by atoms with Crippen molar-refractivity contribution < 1.29 is 9.53 Å². The number of fused-ring (bicyclic) bond motifs is 1. The number of carbonyl (C=O) groups excluding carboxylic acids is 1. The molecule has 4 nitrogen and oxygen atoms in total. The number of hydrogen-bond acceptors (Lipinski definition) is 3. The molecule has 1 aromatic rings. The summed E-state index contributed by atoms with van der Waals surface area (Å²) in [7, 11) is 2.05. The van der Waals surface area contributed by atoms with Gasteiger partial charge in [-0.1, -0.05) is 18.9 Å². The molecule has 0 unspecified atom stereocenters. The number of rotatable bonds is 3. The molecule has 1 amide bonds. The first-order valence-corrected chi connectivity index (χ1v) is 7.89. The molecule has 0 radical (unpaired) electrons. The second kappa shape index (κ2) is 5.96. The fraction of sp³-hybridized carbons (Fsp3) is 0.588. The molecule has 1 atom stereocenters. The Balaban J connectivity index is 1.61. The molecule has 1 N–H and O–H groups in total. The Hall–Kier alpha value is -1.71. The minimum absolute atomic E-state index is 0.113. The molecule has 1 fully saturated rings. The van der Waals surface area contributed by atoms with Gasteiger partial charge >= 0.3 is 0 Å². The van der Waals surface area contributed by atoms with Gasteiger partial charge in [0.1, 0.15) is 12.4 Å². The maximum absolute atomic E-state index is 12.2. The first kappa shape index (κ1) is 14.2. The number of amides is 1. The Morgan fingerprint density at radius 2 is 2.14 bits per heavy atom. The summed E-state index contributed by atoms with van der Waals surface area (Å²) in [4.78, 5) is 14.4. The highest BCUT2D eigenvalue weighted by Gasteiger charge is 2.27. The first-order chi connectivity index (χ1) is 10.1. The molecular weight excluding hydrogens is 264 g/mol. The van der Waals surface area contributed by atoms with Crippen molar-refractivity contribution in [2.45, 2.75) is 51.1 Å². The summed E-state index contributed by atoms with van der Waals surface area (Å²) < 4.78 is 5.84. The fourth-order valence-corrected chi connectivity index (χ4v) is 3.29. The molecule has 21 heavy (non-hydrogen) atoms. The monoisotopic (exact) mass is 288 g/mol. The minimum atomic E-state index is 0.113. The Kier molecular flexibility index (Phi) is 4.04. The second-order valence-electron chi connectivity index (χ2n) is 6.30. The fourth-order valence-electron chi connectivity index (χ4n) is 3.29. The van der Waals surface area contributed by atoms with Crippen molar-refractivity contribution in [3.8, 4) is 5.75 Å². The molecule has 0 saturated heterocycles. The number of nitrogens with zero attached hydrogens (tertiary/aromatic N) is 1. The Morgan fingerprint density at radius 3 is 2.90 bits per heavy atom. The molecule has 1 aromatic carbocycles. The molecule has 1 aliphatic heterocycles. The molecule has 3 rings (SSSR count). The highest BCUT2D eigenvalue weighted by atomic mass is 16.5. The average Bonchev–Trinajstić information content (AvgIpc) is 2.94. The Bertz CT molecular complexity index is 524. The normalized spacial score (nSPS) is 21.8. The van der Waals surface area contributed by atoms with Crippen LogP contribution < -0.4 is 15.0 Å². The van der Waals surface area contributed by atoms with Gasteiger partial charge in [0.15, 0.2) is 0 Å². The summed E-state index contributed by atoms with van der Waals surface area (Å²) in [6.45, 7) is 2.63. The van der Waals surface area contributed by atoms with Crippen LogP contribution in [-0.2, 0) is 4.79 Å². The lowest BCUT2D eigenvalue weighted by Crippen LogP contribution is -2.45. The number of benzene rings is 1. The number of carbonyl (C=O) groups is 1. The molecule has 114 valence electrons. The van der Waals surface area contributed by atoms with Gasteiger partial charge < -0.3 is 15.0 Å². The zero-order valence-electron chi connectivity index (χ0n) is 12.9. The molecule has 1 heterocycles. The van der Waals surface area contributed by atoms with Crippen molar-refractivity contribution in [2.75, 3.05) is 18.6 Å². The van der Waals surface area contributed by atoms with Gasteiger partial charge in [0.05, 0.1) is 18.2 Å². The third kappa shape index (κ3) is 3.14. The zero-order valence-corrected chi connectivity index (χ0v) is 12.9. The predicted molar refractivity (Wildman–Crippen MR) is 83.9 cm³/mol. The van der Waals surface area contributed by atoms with E-state index in [1.165, 1.54) is 18.4 Å². The maximum Gasteiger partial charge on any atom is 0.222 e. The van der Waals surface area contributed by atoms with Crippen LogP contribution >= 0.6 is 0 Å². The van der Waals surface area contributed by atoms with Gasteiger partial charge in [-0.25, -0.2) is 0 Å². The summed E-state index contributed by atoms with van der Waals surface area (Å²) in [5.74, 6) is 1.07. The largest absolute Gasteiger partial charge is 0.489 e. The lowest BCUT2D eigenvalue weighted by Gasteiger charge is -2.35. The van der Waals surface area contributed by atoms with Crippen molar-refractivity contribution in [3.63, 3.8) is 0 Å². The molecule has 2 aliphatic rings. The highest BCUT2D eigenvalue weighted by molar-refractivity contribution is 5.78. The number of ether oxygens (including phenoxy) is 1. The van der Waals surface area contributed by atoms with Crippen LogP contribution in [0.15, 0.2) is 18.2 Å². The quantitative estimate of drug-likeness (QED) is 0.929. The smallest absolute Gasteiger partial charge is 0.222 e. The van der Waals surface area contributed by atoms with Gasteiger partial charge in [-0.2, -0.15) is 0 Å². The van der Waals surface area contributed by atoms with Crippen LogP contribution in [-0.4, -0.2) is 31.6 Å². The Labute approximate surface area is 126 Å². The summed E-state index contributed by atoms with van der Waals surface area (Å²) in [6, 6.07) is 6.72. The van der Waals surface area contributed by atoms with Crippen molar-refractivity contribution in [3.05, 3.63) is 23.8 Å². The predicted octanol–water partition coefficient (Wildman–Crippen LogP) is 2.64. The van der Waals surface area contributed by atoms with E-state index < -0.39 is 0 Å². The van der Waals surface area contributed by atoms with E-state index in [1.807, 2.05) is 7.05 Å². The number of likely N-dealkylation sites (N-methyl/N-ethyl adjacent to an activating group) is 1. The van der Waals surface area contributed by atoms with Crippen LogP contribution in [0, 0.1) is 6.92 Å². The van der Waals surface area contributed by atoms with Gasteiger partial charge in [0.25, 0.3) is 0 Å². The number of anilines is 1. The van der Waals surface area contributed by atoms with Crippen molar-refractivity contribution in [1.29, 1.82) is 0 Å². The molecule has 0 aromatic heterocycles. The second-order valence-corrected chi connectivity index (χ2v) is 6.30. The third-order valence-electron chi connectivity index (χ3n) is 4.62. The SMILES string of the molecule is Cc1ccc2c(c1)OC[C@@H](CC(=O)NC1CCCC1)N2C. The van der Waals surface area contributed by atoms with Gasteiger partial charge in [-0.05, 0) is 37.5 Å². The lowest BCUT2D eigenvalue weighted by atomic mass is 10.1. The van der Waals surface area contributed by atoms with Crippen LogP contribution in [0.5, 0.6) is 5.75 Å². The van der Waals surface area contributed by atoms with Crippen LogP contribution in [0.1, 0.15) is 37.7 Å². The summed E-state index contributed by atoms with van der Waals surface area (Å²) in [5.41, 5.74) is 2.27. The van der Waals surface area contributed by atoms with E-state index in [0.29, 0.717) is 19.1 Å².